The number of Topliss-reactive ketones (excluding diaryl/α,β-unsaturated/α-hetero) is 2. The first-order valence-electron chi connectivity index (χ1n) is 8.22. The standard InChI is InChI=1S/C19H20O7/c1-6-9-8(2)7-10-11(14(9)20)16(22)13-12(15(10)21)18(3,4)26-19(13,24)17(23)25-5/h7,20,24H,6H2,1-5H3/t19-/m1/s1. The third-order valence-electron chi connectivity index (χ3n) is 4.96. The fourth-order valence-corrected chi connectivity index (χ4v) is 3.83. The maximum atomic E-state index is 13.1. The van der Waals surface area contributed by atoms with E-state index < -0.39 is 34.5 Å². The summed E-state index contributed by atoms with van der Waals surface area (Å²) in [6, 6.07) is 1.55. The molecule has 3 rings (SSSR count). The highest BCUT2D eigenvalue weighted by Crippen LogP contribution is 2.49. The van der Waals surface area contributed by atoms with Crippen LogP contribution >= 0.6 is 0 Å². The number of ether oxygens (including phenoxy) is 2. The van der Waals surface area contributed by atoms with Crippen LogP contribution in [0.15, 0.2) is 17.2 Å². The molecule has 1 atom stereocenters. The second-order valence-electron chi connectivity index (χ2n) is 6.95. The van der Waals surface area contributed by atoms with Crippen molar-refractivity contribution < 1.29 is 34.1 Å². The van der Waals surface area contributed by atoms with Gasteiger partial charge >= 0.3 is 5.97 Å². The topological polar surface area (TPSA) is 110 Å². The Labute approximate surface area is 150 Å². The number of esters is 1. The number of ketones is 2. The Kier molecular flexibility index (Phi) is 3.86. The van der Waals surface area contributed by atoms with E-state index in [0.29, 0.717) is 17.5 Å². The number of aromatic hydroxyl groups is 1. The Balaban J connectivity index is 2.37. The largest absolute Gasteiger partial charge is 0.507 e. The van der Waals surface area contributed by atoms with Gasteiger partial charge in [-0.3, -0.25) is 9.59 Å². The SMILES string of the molecule is CCc1c(C)cc2c(c1O)C(=O)C1=C(C2=O)C(C)(C)O[C@@]1(O)C(=O)OC. The van der Waals surface area contributed by atoms with E-state index in [1.54, 1.807) is 19.9 Å². The first kappa shape index (κ1) is 18.3. The van der Waals surface area contributed by atoms with Crippen molar-refractivity contribution in [3.05, 3.63) is 39.5 Å². The van der Waals surface area contributed by atoms with Gasteiger partial charge in [-0.15, -0.1) is 0 Å². The predicted molar refractivity (Wildman–Crippen MR) is 90.0 cm³/mol. The zero-order valence-electron chi connectivity index (χ0n) is 15.2. The third-order valence-corrected chi connectivity index (χ3v) is 4.96. The molecule has 0 bridgehead atoms. The molecule has 138 valence electrons. The highest BCUT2D eigenvalue weighted by molar-refractivity contribution is 6.31. The normalized spacial score (nSPS) is 23.8. The first-order valence-corrected chi connectivity index (χ1v) is 8.22. The van der Waals surface area contributed by atoms with Gasteiger partial charge in [0.2, 0.25) is 0 Å². The zero-order valence-corrected chi connectivity index (χ0v) is 15.2. The van der Waals surface area contributed by atoms with Crippen molar-refractivity contribution in [3.8, 4) is 5.75 Å². The number of fused-ring (bicyclic) bond motifs is 1. The summed E-state index contributed by atoms with van der Waals surface area (Å²) < 4.78 is 9.99. The number of aryl methyl sites for hydroxylation is 1. The summed E-state index contributed by atoms with van der Waals surface area (Å²) in [7, 11) is 1.04. The molecule has 1 aliphatic carbocycles. The molecule has 1 aromatic carbocycles. The van der Waals surface area contributed by atoms with Crippen molar-refractivity contribution in [3.63, 3.8) is 0 Å². The van der Waals surface area contributed by atoms with Crippen LogP contribution in [-0.4, -0.2) is 46.2 Å². The summed E-state index contributed by atoms with van der Waals surface area (Å²) in [6.07, 6.45) is 0.446. The Bertz CT molecular complexity index is 907. The number of hydrogen-bond acceptors (Lipinski definition) is 7. The number of benzene rings is 1. The van der Waals surface area contributed by atoms with Gasteiger partial charge in [0, 0.05) is 11.1 Å². The molecule has 7 heteroatoms. The van der Waals surface area contributed by atoms with Crippen LogP contribution in [0.3, 0.4) is 0 Å². The lowest BCUT2D eigenvalue weighted by molar-refractivity contribution is -0.223. The van der Waals surface area contributed by atoms with Gasteiger partial charge in [0.05, 0.1) is 23.8 Å². The van der Waals surface area contributed by atoms with E-state index in [9.17, 15) is 24.6 Å². The number of carbonyl (C=O) groups is 3. The Morgan fingerprint density at radius 1 is 1.23 bits per heavy atom. The van der Waals surface area contributed by atoms with Crippen LogP contribution < -0.4 is 0 Å². The number of phenols is 1. The summed E-state index contributed by atoms with van der Waals surface area (Å²) in [4.78, 5) is 38.4. The molecule has 26 heavy (non-hydrogen) atoms. The maximum absolute atomic E-state index is 13.1. The van der Waals surface area contributed by atoms with Crippen molar-refractivity contribution in [1.82, 2.24) is 0 Å². The molecule has 1 aromatic rings. The minimum atomic E-state index is -2.71. The minimum Gasteiger partial charge on any atom is -0.507 e. The highest BCUT2D eigenvalue weighted by atomic mass is 16.7. The highest BCUT2D eigenvalue weighted by Gasteiger charge is 2.62. The maximum Gasteiger partial charge on any atom is 0.371 e. The molecule has 0 aromatic heterocycles. The molecular formula is C19H20O7. The molecule has 2 N–H and O–H groups in total. The summed E-state index contributed by atoms with van der Waals surface area (Å²) in [5.41, 5.74) is -0.983. The monoisotopic (exact) mass is 360 g/mol. The van der Waals surface area contributed by atoms with Crippen molar-refractivity contribution in [1.29, 1.82) is 0 Å². The third kappa shape index (κ3) is 2.10. The Hall–Kier alpha value is -2.51. The molecule has 0 saturated carbocycles. The molecule has 2 aliphatic rings. The quantitative estimate of drug-likeness (QED) is 0.771. The van der Waals surface area contributed by atoms with E-state index in [1.165, 1.54) is 13.8 Å². The first-order chi connectivity index (χ1) is 12.0. The van der Waals surface area contributed by atoms with E-state index in [2.05, 4.69) is 4.74 Å². The van der Waals surface area contributed by atoms with E-state index in [4.69, 9.17) is 4.74 Å². The predicted octanol–water partition coefficient (Wildman–Crippen LogP) is 1.61. The number of methoxy groups -OCH3 is 1. The average molecular weight is 360 g/mol. The van der Waals surface area contributed by atoms with Gasteiger partial charge in [-0.05, 0) is 44.4 Å². The smallest absolute Gasteiger partial charge is 0.371 e. The van der Waals surface area contributed by atoms with Crippen LogP contribution in [-0.2, 0) is 20.7 Å². The van der Waals surface area contributed by atoms with Gasteiger partial charge in [0.15, 0.2) is 11.6 Å². The van der Waals surface area contributed by atoms with E-state index in [0.717, 1.165) is 7.11 Å². The summed E-state index contributed by atoms with van der Waals surface area (Å²) in [5, 5.41) is 21.4. The van der Waals surface area contributed by atoms with Gasteiger partial charge in [0.1, 0.15) is 5.75 Å². The van der Waals surface area contributed by atoms with E-state index >= 15 is 0 Å². The van der Waals surface area contributed by atoms with Crippen LogP contribution in [0, 0.1) is 6.92 Å². The second kappa shape index (κ2) is 5.49. The molecule has 7 nitrogen and oxygen atoms in total. The number of hydrogen-bond donors (Lipinski definition) is 2. The number of aliphatic hydroxyl groups is 1. The van der Waals surface area contributed by atoms with Crippen LogP contribution in [0.5, 0.6) is 5.75 Å². The molecule has 0 radical (unpaired) electrons. The van der Waals surface area contributed by atoms with E-state index in [-0.39, 0.29) is 22.4 Å². The van der Waals surface area contributed by atoms with Gasteiger partial charge in [-0.1, -0.05) is 6.92 Å². The molecule has 0 unspecified atom stereocenters. The van der Waals surface area contributed by atoms with Crippen LogP contribution in [0.4, 0.5) is 0 Å². The summed E-state index contributed by atoms with van der Waals surface area (Å²) in [5.74, 6) is -5.62. The van der Waals surface area contributed by atoms with Gasteiger partial charge in [-0.2, -0.15) is 0 Å². The molecule has 0 fully saturated rings. The van der Waals surface area contributed by atoms with Crippen LogP contribution in [0.25, 0.3) is 0 Å². The van der Waals surface area contributed by atoms with Crippen molar-refractivity contribution in [2.75, 3.05) is 7.11 Å². The number of phenolic OH excluding ortho intramolecular Hbond substituents is 1. The van der Waals surface area contributed by atoms with Gasteiger partial charge in [0.25, 0.3) is 5.79 Å². The fourth-order valence-electron chi connectivity index (χ4n) is 3.83. The van der Waals surface area contributed by atoms with Crippen LogP contribution in [0.2, 0.25) is 0 Å². The molecular weight excluding hydrogens is 340 g/mol. The molecule has 0 saturated heterocycles. The van der Waals surface area contributed by atoms with Crippen molar-refractivity contribution >= 4 is 17.5 Å². The summed E-state index contributed by atoms with van der Waals surface area (Å²) in [6.45, 7) is 6.50. The fraction of sp³-hybridized carbons (Fsp3) is 0.421. The number of carbonyl (C=O) groups excluding carboxylic acids is 3. The van der Waals surface area contributed by atoms with E-state index in [1.807, 2.05) is 0 Å². The molecule has 1 aliphatic heterocycles. The lowest BCUT2D eigenvalue weighted by Crippen LogP contribution is -2.46. The Morgan fingerprint density at radius 2 is 1.85 bits per heavy atom. The second-order valence-corrected chi connectivity index (χ2v) is 6.95. The Morgan fingerprint density at radius 3 is 2.38 bits per heavy atom. The van der Waals surface area contributed by atoms with Crippen molar-refractivity contribution in [2.45, 2.75) is 45.5 Å². The number of rotatable bonds is 2. The lowest BCUT2D eigenvalue weighted by atomic mass is 9.76. The minimum absolute atomic E-state index is 0.0340. The van der Waals surface area contributed by atoms with Gasteiger partial charge < -0.3 is 19.7 Å². The summed E-state index contributed by atoms with van der Waals surface area (Å²) >= 11 is 0. The lowest BCUT2D eigenvalue weighted by Gasteiger charge is -2.26. The molecule has 0 spiro atoms. The van der Waals surface area contributed by atoms with Crippen molar-refractivity contribution in [2.24, 2.45) is 0 Å². The molecule has 1 heterocycles. The zero-order chi connectivity index (χ0) is 19.6. The average Bonchev–Trinajstić information content (AvgIpc) is 2.78. The van der Waals surface area contributed by atoms with Crippen LogP contribution in [0.1, 0.15) is 52.6 Å². The molecule has 0 amide bonds. The van der Waals surface area contributed by atoms with Gasteiger partial charge in [-0.25, -0.2) is 4.79 Å².